The van der Waals surface area contributed by atoms with Crippen molar-refractivity contribution in [1.29, 1.82) is 0 Å². The molecule has 0 spiro atoms. The van der Waals surface area contributed by atoms with Crippen molar-refractivity contribution in [1.82, 2.24) is 34.3 Å². The molecule has 0 unspecified atom stereocenters. The first-order chi connectivity index (χ1) is 16.1. The van der Waals surface area contributed by atoms with Crippen LogP contribution in [-0.2, 0) is 0 Å². The van der Waals surface area contributed by atoms with Gasteiger partial charge in [-0.3, -0.25) is 0 Å². The van der Waals surface area contributed by atoms with Crippen LogP contribution in [0.2, 0.25) is 0 Å². The van der Waals surface area contributed by atoms with Crippen molar-refractivity contribution in [3.63, 3.8) is 0 Å². The summed E-state index contributed by atoms with van der Waals surface area (Å²) in [7, 11) is 19.7. The molecule has 0 radical (unpaired) electrons. The topological polar surface area (TPSA) is 22.7 Å². The molecule has 0 aromatic heterocycles. The van der Waals surface area contributed by atoms with Gasteiger partial charge >= 0.3 is 0 Å². The summed E-state index contributed by atoms with van der Waals surface area (Å²) < 4.78 is 0. The summed E-state index contributed by atoms with van der Waals surface area (Å²) in [6, 6.07) is 0. The summed E-state index contributed by atoms with van der Waals surface area (Å²) in [5.41, 5.74) is 0. The Morgan fingerprint density at radius 3 is 0.676 bits per heavy atom. The molecule has 0 heterocycles. The zero-order valence-electron chi connectivity index (χ0n) is 24.9. The van der Waals surface area contributed by atoms with Crippen molar-refractivity contribution in [2.75, 3.05) is 142 Å². The SMILES string of the molecule is CN(C)CCCN(CCCN(C)C)CCCN(C)CCCN(CCCN(C)C)CCCN(C)C. The second kappa shape index (κ2) is 22.0. The number of hydrogen-bond acceptors (Lipinski definition) is 7. The zero-order chi connectivity index (χ0) is 25.8. The van der Waals surface area contributed by atoms with Crippen LogP contribution in [0.5, 0.6) is 0 Å². The fourth-order valence-electron chi connectivity index (χ4n) is 4.35. The van der Waals surface area contributed by atoms with E-state index in [4.69, 9.17) is 0 Å². The fourth-order valence-corrected chi connectivity index (χ4v) is 4.35. The molecule has 206 valence electrons. The van der Waals surface area contributed by atoms with Crippen molar-refractivity contribution >= 4 is 0 Å². The first-order valence-corrected chi connectivity index (χ1v) is 13.8. The highest BCUT2D eigenvalue weighted by Gasteiger charge is 2.09. The van der Waals surface area contributed by atoms with Crippen molar-refractivity contribution < 1.29 is 0 Å². The Morgan fingerprint density at radius 2 is 0.471 bits per heavy atom. The molecule has 34 heavy (non-hydrogen) atoms. The van der Waals surface area contributed by atoms with Crippen LogP contribution in [0.4, 0.5) is 0 Å². The lowest BCUT2D eigenvalue weighted by molar-refractivity contribution is 0.209. The van der Waals surface area contributed by atoms with E-state index in [0.29, 0.717) is 0 Å². The molecule has 0 saturated carbocycles. The molecule has 0 saturated heterocycles. The standard InChI is InChI=1S/C27H63N7/c1-28(2)16-10-22-33(23-11-17-29(3)4)26-14-20-32(9)21-15-27-34(24-12-18-30(5)6)25-13-19-31(7)8/h10-27H2,1-9H3. The van der Waals surface area contributed by atoms with E-state index in [1.54, 1.807) is 0 Å². The highest BCUT2D eigenvalue weighted by atomic mass is 15.2. The van der Waals surface area contributed by atoms with Crippen molar-refractivity contribution in [3.05, 3.63) is 0 Å². The third kappa shape index (κ3) is 23.5. The summed E-state index contributed by atoms with van der Waals surface area (Å²) in [6.45, 7) is 14.5. The van der Waals surface area contributed by atoms with E-state index in [-0.39, 0.29) is 0 Å². The van der Waals surface area contributed by atoms with Gasteiger partial charge < -0.3 is 34.3 Å². The van der Waals surface area contributed by atoms with Crippen LogP contribution in [0.3, 0.4) is 0 Å². The Hall–Kier alpha value is -0.280. The quantitative estimate of drug-likeness (QED) is 0.206. The average Bonchev–Trinajstić information content (AvgIpc) is 2.72. The minimum Gasteiger partial charge on any atom is -0.309 e. The molecule has 7 heteroatoms. The lowest BCUT2D eigenvalue weighted by atomic mass is 10.2. The molecule has 0 fully saturated rings. The van der Waals surface area contributed by atoms with E-state index in [0.717, 1.165) is 0 Å². The van der Waals surface area contributed by atoms with Crippen LogP contribution in [0.1, 0.15) is 38.5 Å². The van der Waals surface area contributed by atoms with Gasteiger partial charge in [0.25, 0.3) is 0 Å². The molecule has 0 atom stereocenters. The second-order valence-corrected chi connectivity index (χ2v) is 11.3. The van der Waals surface area contributed by atoms with E-state index in [1.165, 1.54) is 117 Å². The summed E-state index contributed by atoms with van der Waals surface area (Å²) in [6.07, 6.45) is 7.61. The van der Waals surface area contributed by atoms with Gasteiger partial charge in [0.1, 0.15) is 0 Å². The van der Waals surface area contributed by atoms with E-state index in [2.05, 4.69) is 97.7 Å². The van der Waals surface area contributed by atoms with Gasteiger partial charge in [0.2, 0.25) is 0 Å². The molecule has 0 aromatic carbocycles. The molecule has 0 amide bonds. The summed E-state index contributed by atoms with van der Waals surface area (Å²) in [5.74, 6) is 0. The maximum absolute atomic E-state index is 2.69. The number of hydrogen-bond donors (Lipinski definition) is 0. The van der Waals surface area contributed by atoms with Crippen LogP contribution >= 0.6 is 0 Å². The molecule has 0 bridgehead atoms. The zero-order valence-corrected chi connectivity index (χ0v) is 24.9. The van der Waals surface area contributed by atoms with Gasteiger partial charge in [0.05, 0.1) is 0 Å². The Balaban J connectivity index is 4.26. The molecule has 0 aliphatic rings. The maximum atomic E-state index is 2.69. The van der Waals surface area contributed by atoms with Gasteiger partial charge in [-0.2, -0.15) is 0 Å². The second-order valence-electron chi connectivity index (χ2n) is 11.3. The Bertz CT molecular complexity index is 363. The number of nitrogens with zero attached hydrogens (tertiary/aromatic N) is 7. The predicted molar refractivity (Wildman–Crippen MR) is 152 cm³/mol. The van der Waals surface area contributed by atoms with Crippen LogP contribution in [0, 0.1) is 0 Å². The van der Waals surface area contributed by atoms with Crippen molar-refractivity contribution in [3.8, 4) is 0 Å². The minimum absolute atomic E-state index is 1.18. The van der Waals surface area contributed by atoms with Gasteiger partial charge in [0, 0.05) is 0 Å². The van der Waals surface area contributed by atoms with Gasteiger partial charge in [0.15, 0.2) is 0 Å². The maximum Gasteiger partial charge on any atom is -0.000653 e. The Labute approximate surface area is 215 Å². The molecule has 0 rings (SSSR count). The van der Waals surface area contributed by atoms with Crippen LogP contribution in [0.25, 0.3) is 0 Å². The van der Waals surface area contributed by atoms with E-state index in [1.807, 2.05) is 0 Å². The summed E-state index contributed by atoms with van der Waals surface area (Å²) in [5, 5.41) is 0. The highest BCUT2D eigenvalue weighted by molar-refractivity contribution is 4.65. The van der Waals surface area contributed by atoms with Gasteiger partial charge in [-0.1, -0.05) is 0 Å². The smallest absolute Gasteiger partial charge is 0.000653 e. The minimum atomic E-state index is 1.18. The highest BCUT2D eigenvalue weighted by Crippen LogP contribution is 2.02. The Morgan fingerprint density at radius 1 is 0.265 bits per heavy atom. The molecular formula is C27H63N7. The monoisotopic (exact) mass is 486 g/mol. The summed E-state index contributed by atoms with van der Waals surface area (Å²) in [4.78, 5) is 17.1. The number of rotatable bonds is 24. The largest absolute Gasteiger partial charge is 0.309 e. The van der Waals surface area contributed by atoms with Gasteiger partial charge in [-0.05, 0) is 180 Å². The van der Waals surface area contributed by atoms with E-state index in [9.17, 15) is 0 Å². The first-order valence-electron chi connectivity index (χ1n) is 13.8. The molecule has 0 aliphatic heterocycles. The molecule has 0 aliphatic carbocycles. The van der Waals surface area contributed by atoms with Crippen LogP contribution in [0.15, 0.2) is 0 Å². The van der Waals surface area contributed by atoms with Gasteiger partial charge in [-0.25, -0.2) is 0 Å². The van der Waals surface area contributed by atoms with Crippen molar-refractivity contribution in [2.45, 2.75) is 38.5 Å². The van der Waals surface area contributed by atoms with Gasteiger partial charge in [-0.15, -0.1) is 0 Å². The molecule has 7 nitrogen and oxygen atoms in total. The normalized spacial score (nSPS) is 12.7. The molecular weight excluding hydrogens is 422 g/mol. The fraction of sp³-hybridized carbons (Fsp3) is 1.00. The third-order valence-corrected chi connectivity index (χ3v) is 6.35. The van der Waals surface area contributed by atoms with E-state index >= 15 is 0 Å². The average molecular weight is 486 g/mol. The van der Waals surface area contributed by atoms with Crippen LogP contribution in [-0.4, -0.2) is 176 Å². The molecule has 0 N–H and O–H groups in total. The van der Waals surface area contributed by atoms with E-state index < -0.39 is 0 Å². The lowest BCUT2D eigenvalue weighted by Crippen LogP contribution is -2.34. The third-order valence-electron chi connectivity index (χ3n) is 6.35. The molecule has 0 aromatic rings. The lowest BCUT2D eigenvalue weighted by Gasteiger charge is -2.26. The van der Waals surface area contributed by atoms with Crippen LogP contribution < -0.4 is 0 Å². The Kier molecular flexibility index (Phi) is 21.8. The summed E-state index contributed by atoms with van der Waals surface area (Å²) >= 11 is 0. The van der Waals surface area contributed by atoms with Crippen molar-refractivity contribution in [2.24, 2.45) is 0 Å². The predicted octanol–water partition coefficient (Wildman–Crippen LogP) is 2.11. The first kappa shape index (κ1) is 33.7.